The fourth-order valence-corrected chi connectivity index (χ4v) is 15.8. The molecule has 8 unspecified atom stereocenters. The largest absolute Gasteiger partial charge is 0.634 e. The van der Waals surface area contributed by atoms with Crippen molar-refractivity contribution in [3.63, 3.8) is 0 Å². The lowest BCUT2D eigenvalue weighted by Gasteiger charge is -2.54. The number of alkyl carbamates (subject to hydrolysis) is 1. The van der Waals surface area contributed by atoms with Crippen molar-refractivity contribution in [1.29, 1.82) is 0 Å². The number of ketones is 2. The molecule has 712 valence electrons. The Hall–Kier alpha value is -7.04. The molecule has 3 rings (SSSR count). The van der Waals surface area contributed by atoms with E-state index in [4.69, 9.17) is 38.9 Å². The molecule has 123 heavy (non-hydrogen) atoms. The third-order valence-electron chi connectivity index (χ3n) is 21.8. The van der Waals surface area contributed by atoms with Crippen LogP contribution in [0.5, 0.6) is 5.75 Å². The highest BCUT2D eigenvalue weighted by atomic mass is 16.7. The lowest BCUT2D eigenvalue weighted by Crippen LogP contribution is -3.23. The number of non-ortho nitro benzene ring substituents is 1. The normalized spacial score (nSPS) is 18.8. The van der Waals surface area contributed by atoms with Gasteiger partial charge in [-0.15, -0.1) is 0 Å². The molecular weight excluding hydrogens is 1580 g/mol. The van der Waals surface area contributed by atoms with E-state index in [0.717, 1.165) is 89.2 Å². The van der Waals surface area contributed by atoms with Crippen LogP contribution in [0, 0.1) is 44.2 Å². The fraction of sp³-hybridized carbons (Fsp3) is 0.824. The first kappa shape index (κ1) is 116. The van der Waals surface area contributed by atoms with E-state index in [1.165, 1.54) is 26.0 Å². The van der Waals surface area contributed by atoms with Gasteiger partial charge in [-0.25, -0.2) is 19.2 Å². The van der Waals surface area contributed by atoms with E-state index in [0.29, 0.717) is 127 Å². The molecule has 3 amide bonds. The smallest absolute Gasteiger partial charge is 0.514 e. The lowest BCUT2D eigenvalue weighted by atomic mass is 9.79. The molecule has 2 aliphatic rings. The second kappa shape index (κ2) is 59.8. The van der Waals surface area contributed by atoms with Crippen LogP contribution in [0.1, 0.15) is 314 Å². The highest BCUT2D eigenvalue weighted by Crippen LogP contribution is 2.27. The van der Waals surface area contributed by atoms with Gasteiger partial charge in [0.2, 0.25) is 11.8 Å². The molecule has 1 aromatic rings. The minimum absolute atomic E-state index is 0. The Morgan fingerprint density at radius 2 is 0.764 bits per heavy atom. The molecule has 2 saturated heterocycles. The molecule has 0 saturated carbocycles. The predicted octanol–water partition coefficient (Wildman–Crippen LogP) is 11.7. The molecule has 2 aliphatic heterocycles. The number of piperidine rings is 2. The Morgan fingerprint density at radius 3 is 1.05 bits per heavy atom. The number of quaternary nitrogens is 2. The van der Waals surface area contributed by atoms with E-state index in [9.17, 15) is 68.5 Å². The fourth-order valence-electron chi connectivity index (χ4n) is 15.8. The number of likely N-dealkylation sites (N-methyl/N-ethyl adjacent to an activating group) is 2. The van der Waals surface area contributed by atoms with Crippen LogP contribution in [0.4, 0.5) is 15.3 Å². The molecule has 32 nitrogen and oxygen atoms in total. The highest BCUT2D eigenvalue weighted by Gasteiger charge is 2.48. The van der Waals surface area contributed by atoms with Crippen molar-refractivity contribution in [2.45, 2.75) is 397 Å². The maximum atomic E-state index is 14.4. The number of hydrogen-bond acceptors (Lipinski definition) is 26. The third-order valence-corrected chi connectivity index (χ3v) is 21.8. The second-order valence-electron chi connectivity index (χ2n) is 37.5. The maximum absolute atomic E-state index is 14.4. The van der Waals surface area contributed by atoms with Crippen LogP contribution < -0.4 is 47.2 Å². The number of nitrogens with zero attached hydrogens (tertiary/aromatic N) is 3. The van der Waals surface area contributed by atoms with Gasteiger partial charge in [0.15, 0.2) is 23.8 Å². The molecule has 2 heterocycles. The number of esters is 4. The third kappa shape index (κ3) is 44.8. The summed E-state index contributed by atoms with van der Waals surface area (Å²) in [6.45, 7) is 44.7. The van der Waals surface area contributed by atoms with E-state index in [1.807, 2.05) is 130 Å². The van der Waals surface area contributed by atoms with Crippen molar-refractivity contribution in [2.24, 2.45) is 29.4 Å². The Bertz CT molecular complexity index is 3210. The van der Waals surface area contributed by atoms with Crippen molar-refractivity contribution in [1.82, 2.24) is 36.4 Å². The number of nitrogens with two attached hydrogens (primary N) is 1. The van der Waals surface area contributed by atoms with Crippen molar-refractivity contribution in [2.75, 3.05) is 66.7 Å². The molecular formula is C91H167N11O21. The minimum atomic E-state index is -1.58. The molecule has 0 aliphatic carbocycles. The number of Topliss-reactive ketones (excluding diaryl/α,β-unsaturated/α-hetero) is 2. The molecule has 8 atom stereocenters. The lowest BCUT2D eigenvalue weighted by molar-refractivity contribution is -0.955. The van der Waals surface area contributed by atoms with Gasteiger partial charge in [0.05, 0.1) is 53.5 Å². The van der Waals surface area contributed by atoms with Crippen molar-refractivity contribution in [3.05, 3.63) is 44.8 Å². The number of carbonyl (C=O) groups is 10. The van der Waals surface area contributed by atoms with E-state index >= 15 is 0 Å². The molecule has 1 aromatic carbocycles. The summed E-state index contributed by atoms with van der Waals surface area (Å²) < 4.78 is 38.7. The molecule has 32 heteroatoms. The van der Waals surface area contributed by atoms with Gasteiger partial charge in [0.25, 0.3) is 5.69 Å². The van der Waals surface area contributed by atoms with Crippen molar-refractivity contribution >= 4 is 65.2 Å². The van der Waals surface area contributed by atoms with Crippen LogP contribution in [0.3, 0.4) is 0 Å². The average molecular weight is 1750 g/mol. The average Bonchev–Trinajstić information content (AvgIpc) is 1.08. The van der Waals surface area contributed by atoms with Crippen LogP contribution in [0.2, 0.25) is 0 Å². The molecule has 0 aromatic heterocycles. The monoisotopic (exact) mass is 1750 g/mol. The first-order valence-corrected chi connectivity index (χ1v) is 45.2. The number of ether oxygens (including phenoxy) is 7. The zero-order chi connectivity index (χ0) is 92.8. The number of benzene rings is 1. The van der Waals surface area contributed by atoms with Crippen LogP contribution >= 0.6 is 0 Å². The first-order chi connectivity index (χ1) is 57.1. The summed E-state index contributed by atoms with van der Waals surface area (Å²) in [5, 5.41) is 50.9. The summed E-state index contributed by atoms with van der Waals surface area (Å²) in [5.41, 5.74) is 3.94. The van der Waals surface area contributed by atoms with Gasteiger partial charge in [0, 0.05) is 49.9 Å². The van der Waals surface area contributed by atoms with Gasteiger partial charge >= 0.3 is 36.1 Å². The maximum Gasteiger partial charge on any atom is 0.514 e. The van der Waals surface area contributed by atoms with Gasteiger partial charge in [-0.05, 0) is 248 Å². The van der Waals surface area contributed by atoms with Crippen LogP contribution in [0.15, 0.2) is 24.3 Å². The Labute approximate surface area is 737 Å². The van der Waals surface area contributed by atoms with Gasteiger partial charge < -0.3 is 86.0 Å². The number of unbranched alkanes of at least 4 members (excludes halogenated alkanes) is 10. The zero-order valence-electron chi connectivity index (χ0n) is 79.0. The molecule has 2 fully saturated rings. The van der Waals surface area contributed by atoms with Crippen LogP contribution in [0.25, 0.3) is 0 Å². The number of nitrogens with one attached hydrogen (secondary N) is 7. The Balaban J connectivity index is 0.00000211. The number of carbonyl (C=O) groups excluding carboxylic acids is 10. The summed E-state index contributed by atoms with van der Waals surface area (Å²) in [7, 11) is 3.50. The number of nitro groups is 1. The number of amides is 3. The van der Waals surface area contributed by atoms with Crippen LogP contribution in [-0.2, 0) is 66.8 Å². The SMILES string of the molecule is C.CC1(C)CC(N)CC(C)(C)[NH+]1[O-].CCCCN(CCCC)C(C(=O)NC(CC(C)C)C(=O)OCCCCCCOC(=O)C(CC(C)C)NC)C(OC(=O)NC1CC(C)(C)[NH+]([O-])C(C)(C)C1)C(C)=O.CCCCN(CCCC)C(C(=O)NC(CC(C)C)C(=O)OCCCCCCOC(=O)C(CC(C)C)NC)C(OC(=O)Oc1ccc([N+](=O)[O-])cc1)C(C)=O. The number of rotatable bonds is 55. The molecule has 0 spiro atoms. The topological polar surface area (TPSA) is 426 Å². The molecule has 0 radical (unpaired) electrons. The van der Waals surface area contributed by atoms with E-state index < -0.39 is 99.9 Å². The van der Waals surface area contributed by atoms with Gasteiger partial charge in [-0.1, -0.05) is 116 Å². The second-order valence-corrected chi connectivity index (χ2v) is 37.5. The zero-order valence-corrected chi connectivity index (χ0v) is 79.0. The summed E-state index contributed by atoms with van der Waals surface area (Å²) in [5.74, 6) is -3.31. The summed E-state index contributed by atoms with van der Waals surface area (Å²) in [6, 6.07) is -0.543. The van der Waals surface area contributed by atoms with Crippen molar-refractivity contribution < 1.29 is 96.2 Å². The molecule has 0 bridgehead atoms. The summed E-state index contributed by atoms with van der Waals surface area (Å²) >= 11 is 0. The quantitative estimate of drug-likeness (QED) is 0.00571. The van der Waals surface area contributed by atoms with E-state index in [2.05, 4.69) is 40.4 Å². The number of hydrogen-bond donors (Lipinski definition) is 8. The standard InChI is InChI=1S/C42H79N5O9.C39H64N4O11.C9H20N2O.CH4/c1-13-15-21-46(22-16-14-2)35(36(31(7)48)56-40(52)44-32-27-41(8,9)47(53)42(10,11)28-32)37(49)45-34(26-30(5)6)39(51)55-24-20-18-17-19-23-54-38(50)33(43-12)25-29(3)4;1-9-11-21-42(22-12-10-2)34(35(29(7)44)54-39(48)53-31-19-17-30(18-20-31)43(49)50)36(45)41-33(26-28(5)6)38(47)52-24-16-14-13-15-23-51-37(46)32(40-8)25-27(3)4;1-8(2)5-7(10)6-9(3,4)11(8)12;/h29-30,32-36,43,47H,13-28H2,1-12H3,(H,44,52)(H,45,49);17-20,27-28,32-35,40H,9-16,21-26H2,1-8H3,(H,41,45);7,11H,5-6,10H2,1-4H3;1H4. The van der Waals surface area contributed by atoms with Crippen molar-refractivity contribution in [3.8, 4) is 5.75 Å². The number of nitro benzene ring substituents is 1. The summed E-state index contributed by atoms with van der Waals surface area (Å²) in [6.07, 6.45) is 11.2. The summed E-state index contributed by atoms with van der Waals surface area (Å²) in [4.78, 5) is 147. The van der Waals surface area contributed by atoms with Gasteiger partial charge in [-0.3, -0.25) is 48.7 Å². The van der Waals surface area contributed by atoms with E-state index in [1.54, 1.807) is 19.0 Å². The van der Waals surface area contributed by atoms with E-state index in [-0.39, 0.29) is 103 Å². The first-order valence-electron chi connectivity index (χ1n) is 45.2. The van der Waals surface area contributed by atoms with Gasteiger partial charge in [0.1, 0.15) is 42.0 Å². The predicted molar refractivity (Wildman–Crippen MR) is 479 cm³/mol. The Morgan fingerprint density at radius 1 is 0.472 bits per heavy atom. The van der Waals surface area contributed by atoms with Crippen LogP contribution in [-0.4, -0.2) is 224 Å². The van der Waals surface area contributed by atoms with Gasteiger partial charge in [-0.2, -0.15) is 0 Å². The molecule has 9 N–H and O–H groups in total. The number of hydroxylamine groups is 4. The Kier molecular flexibility index (Phi) is 56.4. The highest BCUT2D eigenvalue weighted by molar-refractivity contribution is 5.96. The minimum Gasteiger partial charge on any atom is -0.634 e.